The summed E-state index contributed by atoms with van der Waals surface area (Å²) in [4.78, 5) is 35.6. The molecule has 2 amide bonds. The first-order valence-corrected chi connectivity index (χ1v) is 10.2. The Kier molecular flexibility index (Phi) is 8.33. The minimum absolute atomic E-state index is 0.135. The Balaban J connectivity index is 0.000000785. The number of nitrogens with zero attached hydrogens (tertiary/aromatic N) is 1. The van der Waals surface area contributed by atoms with Crippen LogP contribution >= 0.6 is 0 Å². The number of primary amides is 1. The van der Waals surface area contributed by atoms with Gasteiger partial charge in [-0.3, -0.25) is 14.4 Å². The smallest absolute Gasteiger partial charge is 0.300 e. The summed E-state index contributed by atoms with van der Waals surface area (Å²) in [5.41, 5.74) is 9.22. The van der Waals surface area contributed by atoms with Crippen molar-refractivity contribution in [3.05, 3.63) is 65.2 Å². The quantitative estimate of drug-likeness (QED) is 0.761. The number of rotatable bonds is 5. The summed E-state index contributed by atoms with van der Waals surface area (Å²) in [7, 11) is 0. The van der Waals surface area contributed by atoms with E-state index in [4.69, 9.17) is 20.4 Å². The van der Waals surface area contributed by atoms with E-state index in [0.717, 1.165) is 29.3 Å². The van der Waals surface area contributed by atoms with Crippen LogP contribution in [0.15, 0.2) is 48.5 Å². The van der Waals surface area contributed by atoms with Crippen molar-refractivity contribution < 1.29 is 24.2 Å². The summed E-state index contributed by atoms with van der Waals surface area (Å²) in [6.45, 7) is 7.77. The van der Waals surface area contributed by atoms with Crippen LogP contribution in [0, 0.1) is 12.8 Å². The molecule has 2 unspecified atom stereocenters. The fourth-order valence-electron chi connectivity index (χ4n) is 3.54. The van der Waals surface area contributed by atoms with Gasteiger partial charge in [0.1, 0.15) is 12.2 Å². The number of carboxylic acids is 1. The van der Waals surface area contributed by atoms with Gasteiger partial charge >= 0.3 is 0 Å². The third kappa shape index (κ3) is 6.39. The van der Waals surface area contributed by atoms with Crippen LogP contribution in [0.25, 0.3) is 0 Å². The third-order valence-electron chi connectivity index (χ3n) is 4.76. The maximum Gasteiger partial charge on any atom is 0.300 e. The molecule has 1 aliphatic heterocycles. The van der Waals surface area contributed by atoms with E-state index in [-0.39, 0.29) is 18.2 Å². The summed E-state index contributed by atoms with van der Waals surface area (Å²) in [5, 5.41) is 7.42. The van der Waals surface area contributed by atoms with Crippen LogP contribution in [-0.2, 0) is 19.1 Å². The summed E-state index contributed by atoms with van der Waals surface area (Å²) < 4.78 is 6.25. The van der Waals surface area contributed by atoms with E-state index in [9.17, 15) is 9.59 Å². The number of ether oxygens (including phenoxy) is 1. The molecule has 31 heavy (non-hydrogen) atoms. The molecule has 1 aliphatic rings. The lowest BCUT2D eigenvalue weighted by Crippen LogP contribution is -2.43. The molecule has 0 bridgehead atoms. The summed E-state index contributed by atoms with van der Waals surface area (Å²) in [6.07, 6.45) is -1.48. The molecule has 7 heteroatoms. The normalized spacial score (nSPS) is 18.0. The Morgan fingerprint density at radius 3 is 2.19 bits per heavy atom. The number of carboxylic acid groups (broad SMARTS) is 1. The lowest BCUT2D eigenvalue weighted by Gasteiger charge is -2.26. The predicted molar refractivity (Wildman–Crippen MR) is 119 cm³/mol. The van der Waals surface area contributed by atoms with Crippen molar-refractivity contribution in [1.29, 1.82) is 0 Å². The number of carbonyl (C=O) groups excluding carboxylic acids is 2. The highest BCUT2D eigenvalue weighted by Gasteiger charge is 2.37. The van der Waals surface area contributed by atoms with Gasteiger partial charge in [0.25, 0.3) is 11.9 Å². The Labute approximate surface area is 182 Å². The Bertz CT molecular complexity index is 937. The van der Waals surface area contributed by atoms with Gasteiger partial charge in [-0.25, -0.2) is 0 Å². The SMILES string of the molecule is CC(=O)O.Cc1ccccc1C1OC(CC(N)=O)C(=O)N(CC(C)C)c2ccccc21. The molecular weight excluding hydrogens is 396 g/mol. The fraction of sp³-hybridized carbons (Fsp3) is 0.375. The Morgan fingerprint density at radius 2 is 1.65 bits per heavy atom. The number of aliphatic carboxylic acids is 1. The Morgan fingerprint density at radius 1 is 1.10 bits per heavy atom. The number of amides is 2. The zero-order valence-electron chi connectivity index (χ0n) is 18.4. The molecule has 0 spiro atoms. The molecule has 1 heterocycles. The first-order valence-electron chi connectivity index (χ1n) is 10.2. The summed E-state index contributed by atoms with van der Waals surface area (Å²) >= 11 is 0. The zero-order valence-corrected chi connectivity index (χ0v) is 18.4. The van der Waals surface area contributed by atoms with Gasteiger partial charge in [-0.05, 0) is 30.0 Å². The number of para-hydroxylation sites is 1. The van der Waals surface area contributed by atoms with Gasteiger partial charge in [0.05, 0.1) is 6.42 Å². The van der Waals surface area contributed by atoms with Gasteiger partial charge in [0.15, 0.2) is 0 Å². The summed E-state index contributed by atoms with van der Waals surface area (Å²) in [5.74, 6) is -1.33. The minimum Gasteiger partial charge on any atom is -0.481 e. The minimum atomic E-state index is -0.904. The second kappa shape index (κ2) is 10.7. The van der Waals surface area contributed by atoms with E-state index in [2.05, 4.69) is 13.8 Å². The topological polar surface area (TPSA) is 110 Å². The standard InChI is InChI=1S/C22H26N2O3.C2H4O2/c1-14(2)13-24-18-11-7-6-10-17(18)21(16-9-5-4-8-15(16)3)27-19(22(24)26)12-20(23)25;1-2(3)4/h4-11,14,19,21H,12-13H2,1-3H3,(H2,23,25);1H3,(H,3,4). The van der Waals surface area contributed by atoms with Gasteiger partial charge in [-0.1, -0.05) is 56.3 Å². The third-order valence-corrected chi connectivity index (χ3v) is 4.76. The molecule has 0 radical (unpaired) electrons. The van der Waals surface area contributed by atoms with Gasteiger partial charge < -0.3 is 20.5 Å². The molecule has 0 aromatic heterocycles. The average Bonchev–Trinajstić information content (AvgIpc) is 2.78. The Hall–Kier alpha value is -3.19. The molecule has 3 rings (SSSR count). The van der Waals surface area contributed by atoms with Crippen LogP contribution in [0.3, 0.4) is 0 Å². The van der Waals surface area contributed by atoms with E-state index < -0.39 is 24.1 Å². The van der Waals surface area contributed by atoms with E-state index >= 15 is 0 Å². The monoisotopic (exact) mass is 426 g/mol. The van der Waals surface area contributed by atoms with E-state index in [0.29, 0.717) is 6.54 Å². The number of carbonyl (C=O) groups is 3. The number of hydrogen-bond donors (Lipinski definition) is 2. The average molecular weight is 427 g/mol. The molecule has 7 nitrogen and oxygen atoms in total. The van der Waals surface area contributed by atoms with Crippen molar-refractivity contribution >= 4 is 23.5 Å². The molecular formula is C24H30N2O5. The highest BCUT2D eigenvalue weighted by molar-refractivity contribution is 6.00. The molecule has 0 saturated heterocycles. The van der Waals surface area contributed by atoms with Crippen LogP contribution in [0.2, 0.25) is 0 Å². The number of hydrogen-bond acceptors (Lipinski definition) is 4. The maximum absolute atomic E-state index is 13.2. The second-order valence-electron chi connectivity index (χ2n) is 7.95. The van der Waals surface area contributed by atoms with Gasteiger partial charge in [-0.15, -0.1) is 0 Å². The summed E-state index contributed by atoms with van der Waals surface area (Å²) in [6, 6.07) is 15.7. The van der Waals surface area contributed by atoms with E-state index in [1.54, 1.807) is 4.90 Å². The highest BCUT2D eigenvalue weighted by atomic mass is 16.5. The number of aryl methyl sites for hydroxylation is 1. The molecule has 2 aromatic carbocycles. The van der Waals surface area contributed by atoms with Gasteiger partial charge in [0, 0.05) is 24.7 Å². The van der Waals surface area contributed by atoms with E-state index in [1.165, 1.54) is 0 Å². The van der Waals surface area contributed by atoms with Crippen LogP contribution in [0.1, 0.15) is 50.0 Å². The van der Waals surface area contributed by atoms with Crippen molar-refractivity contribution in [3.63, 3.8) is 0 Å². The molecule has 2 aromatic rings. The van der Waals surface area contributed by atoms with Gasteiger partial charge in [-0.2, -0.15) is 0 Å². The zero-order chi connectivity index (χ0) is 23.1. The lowest BCUT2D eigenvalue weighted by atomic mass is 9.95. The first-order chi connectivity index (χ1) is 14.6. The van der Waals surface area contributed by atoms with Crippen LogP contribution < -0.4 is 10.6 Å². The maximum atomic E-state index is 13.2. The molecule has 0 saturated carbocycles. The lowest BCUT2D eigenvalue weighted by molar-refractivity contribution is -0.137. The molecule has 166 valence electrons. The van der Waals surface area contributed by atoms with Crippen molar-refractivity contribution in [3.8, 4) is 0 Å². The number of benzene rings is 2. The number of fused-ring (bicyclic) bond motifs is 1. The van der Waals surface area contributed by atoms with E-state index in [1.807, 2.05) is 55.5 Å². The second-order valence-corrected chi connectivity index (χ2v) is 7.95. The number of anilines is 1. The number of nitrogens with two attached hydrogens (primary N) is 1. The molecule has 3 N–H and O–H groups in total. The van der Waals surface area contributed by atoms with Gasteiger partial charge in [0.2, 0.25) is 5.91 Å². The highest BCUT2D eigenvalue weighted by Crippen LogP contribution is 2.39. The van der Waals surface area contributed by atoms with Crippen LogP contribution in [0.5, 0.6) is 0 Å². The fourth-order valence-corrected chi connectivity index (χ4v) is 3.54. The largest absolute Gasteiger partial charge is 0.481 e. The van der Waals surface area contributed by atoms with Crippen molar-refractivity contribution in [1.82, 2.24) is 0 Å². The van der Waals surface area contributed by atoms with Crippen molar-refractivity contribution in [2.24, 2.45) is 11.7 Å². The molecule has 2 atom stereocenters. The molecule has 0 aliphatic carbocycles. The van der Waals surface area contributed by atoms with Crippen LogP contribution in [-0.4, -0.2) is 35.5 Å². The predicted octanol–water partition coefficient (Wildman–Crippen LogP) is 3.44. The van der Waals surface area contributed by atoms with Crippen molar-refractivity contribution in [2.75, 3.05) is 11.4 Å². The van der Waals surface area contributed by atoms with Crippen molar-refractivity contribution in [2.45, 2.75) is 46.3 Å². The molecule has 0 fully saturated rings. The van der Waals surface area contributed by atoms with Crippen LogP contribution in [0.4, 0.5) is 5.69 Å². The first kappa shape index (κ1) is 24.1.